The summed E-state index contributed by atoms with van der Waals surface area (Å²) in [7, 11) is 0. The number of nitrogens with zero attached hydrogens (tertiary/aromatic N) is 1. The van der Waals surface area contributed by atoms with E-state index < -0.39 is 11.2 Å². The molecule has 0 aliphatic carbocycles. The Hall–Kier alpha value is -1.66. The maximum atomic E-state index is 13.4. The van der Waals surface area contributed by atoms with Gasteiger partial charge in [0.05, 0.1) is 30.9 Å². The highest BCUT2D eigenvalue weighted by Gasteiger charge is 2.48. The van der Waals surface area contributed by atoms with Gasteiger partial charge in [0.2, 0.25) is 0 Å². The predicted molar refractivity (Wildman–Crippen MR) is 95.4 cm³/mol. The van der Waals surface area contributed by atoms with Crippen molar-refractivity contribution in [2.75, 3.05) is 13.2 Å². The fourth-order valence-electron chi connectivity index (χ4n) is 3.96. The highest BCUT2D eigenvalue weighted by Crippen LogP contribution is 2.38. The summed E-state index contributed by atoms with van der Waals surface area (Å²) in [5.74, 6) is -0.264. The molecule has 2 atom stereocenters. The van der Waals surface area contributed by atoms with Crippen LogP contribution in [0.3, 0.4) is 0 Å². The summed E-state index contributed by atoms with van der Waals surface area (Å²) in [5, 5.41) is 11.1. The number of fused-ring (bicyclic) bond motifs is 2. The molecule has 2 fully saturated rings. The molecule has 1 amide bonds. The van der Waals surface area contributed by atoms with Gasteiger partial charge in [-0.25, -0.2) is 9.18 Å². The van der Waals surface area contributed by atoms with Crippen LogP contribution in [0.1, 0.15) is 45.6 Å². The molecule has 2 aliphatic rings. The zero-order valence-electron chi connectivity index (χ0n) is 15.7. The molecule has 1 aromatic carbocycles. The first-order valence-electron chi connectivity index (χ1n) is 9.21. The average Bonchev–Trinajstić information content (AvgIpc) is 2.50. The molecule has 2 bridgehead atoms. The number of aliphatic hydroxyl groups is 1. The van der Waals surface area contributed by atoms with Crippen molar-refractivity contribution in [3.05, 3.63) is 35.6 Å². The van der Waals surface area contributed by atoms with Crippen LogP contribution in [0.5, 0.6) is 0 Å². The highest BCUT2D eigenvalue weighted by atomic mass is 19.1. The van der Waals surface area contributed by atoms with Crippen molar-refractivity contribution in [1.29, 1.82) is 0 Å². The number of halogens is 1. The molecule has 2 heterocycles. The third kappa shape index (κ3) is 4.54. The van der Waals surface area contributed by atoms with Gasteiger partial charge in [0.1, 0.15) is 11.4 Å². The highest BCUT2D eigenvalue weighted by molar-refractivity contribution is 5.69. The zero-order chi connectivity index (χ0) is 18.9. The lowest BCUT2D eigenvalue weighted by Crippen LogP contribution is -2.64. The lowest BCUT2D eigenvalue weighted by atomic mass is 9.78. The first-order valence-corrected chi connectivity index (χ1v) is 9.21. The largest absolute Gasteiger partial charge is 0.444 e. The molecule has 3 rings (SSSR count). The summed E-state index contributed by atoms with van der Waals surface area (Å²) in [6, 6.07) is 6.07. The van der Waals surface area contributed by atoms with E-state index in [0.29, 0.717) is 38.9 Å². The van der Waals surface area contributed by atoms with Crippen LogP contribution in [0, 0.1) is 5.82 Å². The van der Waals surface area contributed by atoms with E-state index in [-0.39, 0.29) is 24.0 Å². The molecule has 6 heteroatoms. The fraction of sp³-hybridized carbons (Fsp3) is 0.650. The molecule has 26 heavy (non-hydrogen) atoms. The molecular formula is C20H28FNO4. The van der Waals surface area contributed by atoms with E-state index in [9.17, 15) is 14.3 Å². The van der Waals surface area contributed by atoms with E-state index in [2.05, 4.69) is 0 Å². The molecule has 1 N–H and O–H groups in total. The number of hydrogen-bond acceptors (Lipinski definition) is 4. The van der Waals surface area contributed by atoms with Crippen molar-refractivity contribution in [2.45, 2.75) is 69.7 Å². The molecule has 144 valence electrons. The number of aryl methyl sites for hydroxylation is 1. The second-order valence-corrected chi connectivity index (χ2v) is 8.50. The quantitative estimate of drug-likeness (QED) is 0.893. The van der Waals surface area contributed by atoms with Crippen molar-refractivity contribution < 1.29 is 23.8 Å². The second-order valence-electron chi connectivity index (χ2n) is 8.50. The zero-order valence-corrected chi connectivity index (χ0v) is 15.7. The SMILES string of the molecule is CC(C)(C)OC(=O)N1C2COCC1CC(O)(CCc1cccc(F)c1)C2. The lowest BCUT2D eigenvalue weighted by Gasteiger charge is -2.51. The monoisotopic (exact) mass is 365 g/mol. The number of amides is 1. The lowest BCUT2D eigenvalue weighted by molar-refractivity contribution is -0.139. The molecule has 2 saturated heterocycles. The minimum absolute atomic E-state index is 0.199. The Morgan fingerprint density at radius 3 is 2.58 bits per heavy atom. The van der Waals surface area contributed by atoms with Gasteiger partial charge in [-0.3, -0.25) is 4.90 Å². The van der Waals surface area contributed by atoms with Crippen molar-refractivity contribution in [2.24, 2.45) is 0 Å². The Labute approximate surface area is 154 Å². The van der Waals surface area contributed by atoms with Crippen LogP contribution in [0.25, 0.3) is 0 Å². The molecule has 2 aliphatic heterocycles. The third-order valence-corrected chi connectivity index (χ3v) is 5.01. The number of hydrogen-bond donors (Lipinski definition) is 1. The van der Waals surface area contributed by atoms with Crippen molar-refractivity contribution >= 4 is 6.09 Å². The van der Waals surface area contributed by atoms with E-state index in [1.54, 1.807) is 11.0 Å². The Morgan fingerprint density at radius 1 is 1.35 bits per heavy atom. The van der Waals surface area contributed by atoms with Crippen molar-refractivity contribution in [3.63, 3.8) is 0 Å². The summed E-state index contributed by atoms with van der Waals surface area (Å²) in [5.41, 5.74) is -0.573. The fourth-order valence-corrected chi connectivity index (χ4v) is 3.96. The van der Waals surface area contributed by atoms with Crippen molar-refractivity contribution in [1.82, 2.24) is 4.90 Å². The van der Waals surface area contributed by atoms with Crippen LogP contribution in [0.15, 0.2) is 24.3 Å². The average molecular weight is 365 g/mol. The maximum absolute atomic E-state index is 13.4. The molecular weight excluding hydrogens is 337 g/mol. The van der Waals surface area contributed by atoms with E-state index >= 15 is 0 Å². The molecule has 5 nitrogen and oxygen atoms in total. The molecule has 0 aromatic heterocycles. The Kier molecular flexibility index (Phi) is 5.26. The number of morpholine rings is 1. The standard InChI is InChI=1S/C20H28FNO4/c1-19(2,3)26-18(23)22-16-10-20(24,11-17(22)13-25-12-16)8-7-14-5-4-6-15(21)9-14/h4-6,9,16-17,24H,7-8,10-13H2,1-3H3. The minimum atomic E-state index is -0.885. The van der Waals surface area contributed by atoms with E-state index in [0.717, 1.165) is 5.56 Å². The molecule has 0 radical (unpaired) electrons. The van der Waals surface area contributed by atoms with Gasteiger partial charge in [-0.1, -0.05) is 12.1 Å². The summed E-state index contributed by atoms with van der Waals surface area (Å²) < 4.78 is 24.5. The van der Waals surface area contributed by atoms with E-state index in [1.165, 1.54) is 12.1 Å². The molecule has 1 aromatic rings. The summed E-state index contributed by atoms with van der Waals surface area (Å²) in [6.45, 7) is 6.33. The summed E-state index contributed by atoms with van der Waals surface area (Å²) in [4.78, 5) is 14.3. The number of benzene rings is 1. The number of rotatable bonds is 3. The molecule has 2 unspecified atom stereocenters. The van der Waals surface area contributed by atoms with Gasteiger partial charge in [-0.05, 0) is 64.2 Å². The smallest absolute Gasteiger partial charge is 0.410 e. The van der Waals surface area contributed by atoms with E-state index in [1.807, 2.05) is 26.8 Å². The van der Waals surface area contributed by atoms with Gasteiger partial charge in [0.15, 0.2) is 0 Å². The van der Waals surface area contributed by atoms with Crippen LogP contribution < -0.4 is 0 Å². The van der Waals surface area contributed by atoms with Crippen LogP contribution in [-0.2, 0) is 15.9 Å². The second kappa shape index (κ2) is 7.16. The Bertz CT molecular complexity index is 643. The van der Waals surface area contributed by atoms with Gasteiger partial charge in [-0.15, -0.1) is 0 Å². The first-order chi connectivity index (χ1) is 12.2. The predicted octanol–water partition coefficient (Wildman–Crippen LogP) is 3.29. The minimum Gasteiger partial charge on any atom is -0.444 e. The number of piperidine rings is 1. The van der Waals surface area contributed by atoms with Crippen LogP contribution in [0.4, 0.5) is 9.18 Å². The van der Waals surface area contributed by atoms with Gasteiger partial charge < -0.3 is 14.6 Å². The Balaban J connectivity index is 1.67. The Morgan fingerprint density at radius 2 is 2.00 bits per heavy atom. The number of carbonyl (C=O) groups excluding carboxylic acids is 1. The van der Waals surface area contributed by atoms with Crippen molar-refractivity contribution in [3.8, 4) is 0 Å². The van der Waals surface area contributed by atoms with Gasteiger partial charge in [0, 0.05) is 0 Å². The van der Waals surface area contributed by atoms with Gasteiger partial charge >= 0.3 is 6.09 Å². The van der Waals surface area contributed by atoms with Crippen LogP contribution in [-0.4, -0.2) is 52.6 Å². The van der Waals surface area contributed by atoms with E-state index in [4.69, 9.17) is 9.47 Å². The molecule has 0 saturated carbocycles. The first kappa shape index (κ1) is 19.1. The van der Waals surface area contributed by atoms with Gasteiger partial charge in [-0.2, -0.15) is 0 Å². The third-order valence-electron chi connectivity index (χ3n) is 5.01. The number of ether oxygens (including phenoxy) is 2. The maximum Gasteiger partial charge on any atom is 0.410 e. The number of carbonyl (C=O) groups is 1. The van der Waals surface area contributed by atoms with Crippen LogP contribution >= 0.6 is 0 Å². The summed E-state index contributed by atoms with van der Waals surface area (Å²) in [6.07, 6.45) is 1.67. The van der Waals surface area contributed by atoms with Crippen LogP contribution in [0.2, 0.25) is 0 Å². The summed E-state index contributed by atoms with van der Waals surface area (Å²) >= 11 is 0. The molecule has 0 spiro atoms. The topological polar surface area (TPSA) is 59.0 Å². The normalized spacial score (nSPS) is 28.7. The van der Waals surface area contributed by atoms with Gasteiger partial charge in [0.25, 0.3) is 0 Å².